The predicted molar refractivity (Wildman–Crippen MR) is 99.4 cm³/mol. The summed E-state index contributed by atoms with van der Waals surface area (Å²) < 4.78 is 14.0. The minimum atomic E-state index is -0.257. The van der Waals surface area contributed by atoms with E-state index < -0.39 is 0 Å². The fourth-order valence-electron chi connectivity index (χ4n) is 4.47. The van der Waals surface area contributed by atoms with E-state index >= 15 is 0 Å². The molecule has 1 aromatic carbocycles. The zero-order valence-corrected chi connectivity index (χ0v) is 15.9. The average molecular weight is 390 g/mol. The maximum Gasteiger partial charge on any atom is 0.233 e. The lowest BCUT2D eigenvalue weighted by Crippen LogP contribution is -2.37. The molecule has 0 unspecified atom stereocenters. The van der Waals surface area contributed by atoms with Gasteiger partial charge in [-0.2, -0.15) is 0 Å². The summed E-state index contributed by atoms with van der Waals surface area (Å²) >= 11 is 1.47. The molecular weight excluding hydrogens is 367 g/mol. The van der Waals surface area contributed by atoms with Crippen molar-refractivity contribution in [2.24, 2.45) is 11.8 Å². The number of thioether (sulfide) groups is 1. The van der Waals surface area contributed by atoms with Gasteiger partial charge in [0, 0.05) is 23.6 Å². The van der Waals surface area contributed by atoms with E-state index in [1.54, 1.807) is 6.07 Å². The molecule has 0 radical (unpaired) electrons. The van der Waals surface area contributed by atoms with E-state index in [-0.39, 0.29) is 54.4 Å². The van der Waals surface area contributed by atoms with Crippen LogP contribution in [0.1, 0.15) is 50.1 Å². The number of fused-ring (bicyclic) bond motifs is 2. The van der Waals surface area contributed by atoms with Crippen molar-refractivity contribution in [2.75, 3.05) is 12.3 Å². The Morgan fingerprint density at radius 1 is 1.15 bits per heavy atom. The number of imide groups is 1. The molecule has 1 N–H and O–H groups in total. The highest BCUT2D eigenvalue weighted by Gasteiger charge is 2.47. The number of hydrogen-bond donors (Lipinski definition) is 1. The summed E-state index contributed by atoms with van der Waals surface area (Å²) in [5.74, 6) is -0.312. The summed E-state index contributed by atoms with van der Waals surface area (Å²) in [5, 5.41) is 2.95. The zero-order chi connectivity index (χ0) is 19.0. The summed E-state index contributed by atoms with van der Waals surface area (Å²) in [7, 11) is 0. The minimum absolute atomic E-state index is 0.0885. The standard InChI is InChI=1S/C20H23FN2O3S/c21-15-7-3-6-14-16(9-11-27-18(14)15)22-17(24)8-10-23-19(25)12-4-1-2-5-13(12)20(23)26/h3,6-7,12-13,16H,1-2,4-5,8-11H2,(H,22,24)/t12-,13-,16-/m1/s1. The van der Waals surface area contributed by atoms with Crippen molar-refractivity contribution in [1.82, 2.24) is 10.2 Å². The number of benzene rings is 1. The van der Waals surface area contributed by atoms with Gasteiger partial charge in [0.15, 0.2) is 0 Å². The van der Waals surface area contributed by atoms with E-state index in [1.165, 1.54) is 22.7 Å². The fourth-order valence-corrected chi connectivity index (χ4v) is 5.61. The van der Waals surface area contributed by atoms with E-state index in [1.807, 2.05) is 6.07 Å². The van der Waals surface area contributed by atoms with Gasteiger partial charge in [-0.3, -0.25) is 19.3 Å². The van der Waals surface area contributed by atoms with Crippen molar-refractivity contribution in [3.63, 3.8) is 0 Å². The van der Waals surface area contributed by atoms with Crippen LogP contribution in [0.3, 0.4) is 0 Å². The lowest BCUT2D eigenvalue weighted by atomic mass is 9.81. The van der Waals surface area contributed by atoms with Crippen LogP contribution in [-0.4, -0.2) is 34.9 Å². The van der Waals surface area contributed by atoms with Crippen LogP contribution in [0, 0.1) is 17.7 Å². The number of halogens is 1. The molecule has 3 amide bonds. The number of nitrogens with zero attached hydrogens (tertiary/aromatic N) is 1. The van der Waals surface area contributed by atoms with Crippen molar-refractivity contribution in [3.8, 4) is 0 Å². The quantitative estimate of drug-likeness (QED) is 0.803. The number of hydrogen-bond acceptors (Lipinski definition) is 4. The first-order valence-electron chi connectivity index (χ1n) is 9.62. The highest BCUT2D eigenvalue weighted by Crippen LogP contribution is 2.39. The lowest BCUT2D eigenvalue weighted by Gasteiger charge is -2.26. The van der Waals surface area contributed by atoms with E-state index in [4.69, 9.17) is 0 Å². The van der Waals surface area contributed by atoms with Crippen molar-refractivity contribution in [3.05, 3.63) is 29.6 Å². The van der Waals surface area contributed by atoms with Gasteiger partial charge in [0.25, 0.3) is 0 Å². The first-order valence-corrected chi connectivity index (χ1v) is 10.6. The molecule has 144 valence electrons. The van der Waals surface area contributed by atoms with Crippen molar-refractivity contribution in [1.29, 1.82) is 0 Å². The third-order valence-corrected chi connectivity index (χ3v) is 7.02. The molecule has 3 aliphatic rings. The van der Waals surface area contributed by atoms with E-state index in [2.05, 4.69) is 5.32 Å². The summed E-state index contributed by atoms with van der Waals surface area (Å²) in [6.07, 6.45) is 4.36. The van der Waals surface area contributed by atoms with Crippen LogP contribution in [-0.2, 0) is 14.4 Å². The second-order valence-corrected chi connectivity index (χ2v) is 8.60. The van der Waals surface area contributed by atoms with Crippen LogP contribution in [0.15, 0.2) is 23.1 Å². The van der Waals surface area contributed by atoms with Gasteiger partial charge in [0.2, 0.25) is 17.7 Å². The molecule has 1 aromatic rings. The van der Waals surface area contributed by atoms with Gasteiger partial charge in [0.05, 0.1) is 17.9 Å². The van der Waals surface area contributed by atoms with E-state index in [9.17, 15) is 18.8 Å². The second kappa shape index (κ2) is 7.62. The topological polar surface area (TPSA) is 66.5 Å². The van der Waals surface area contributed by atoms with Crippen molar-refractivity contribution in [2.45, 2.75) is 49.5 Å². The summed E-state index contributed by atoms with van der Waals surface area (Å²) in [6.45, 7) is 0.133. The highest BCUT2D eigenvalue weighted by atomic mass is 32.2. The smallest absolute Gasteiger partial charge is 0.233 e. The molecule has 2 fully saturated rings. The molecule has 2 aliphatic heterocycles. The van der Waals surface area contributed by atoms with Crippen molar-refractivity contribution >= 4 is 29.5 Å². The van der Waals surface area contributed by atoms with Crippen LogP contribution >= 0.6 is 11.8 Å². The minimum Gasteiger partial charge on any atom is -0.349 e. The van der Waals surface area contributed by atoms with Crippen LogP contribution < -0.4 is 5.32 Å². The maximum absolute atomic E-state index is 14.0. The predicted octanol–water partition coefficient (Wildman–Crippen LogP) is 3.04. The average Bonchev–Trinajstić information content (AvgIpc) is 2.92. The van der Waals surface area contributed by atoms with Gasteiger partial charge in [-0.05, 0) is 30.9 Å². The third kappa shape index (κ3) is 3.49. The van der Waals surface area contributed by atoms with Crippen LogP contribution in [0.4, 0.5) is 4.39 Å². The van der Waals surface area contributed by atoms with Crippen LogP contribution in [0.2, 0.25) is 0 Å². The SMILES string of the molecule is O=C(CCN1C(=O)[C@@H]2CCCC[C@H]2C1=O)N[C@@H]1CCSc2c(F)cccc21. The Morgan fingerprint density at radius 2 is 1.85 bits per heavy atom. The number of carbonyl (C=O) groups excluding carboxylic acids is 3. The summed E-state index contributed by atoms with van der Waals surface area (Å²) in [4.78, 5) is 39.3. The number of nitrogens with one attached hydrogen (secondary N) is 1. The largest absolute Gasteiger partial charge is 0.349 e. The Morgan fingerprint density at radius 3 is 2.56 bits per heavy atom. The maximum atomic E-state index is 14.0. The van der Waals surface area contributed by atoms with Gasteiger partial charge < -0.3 is 5.32 Å². The van der Waals surface area contributed by atoms with Gasteiger partial charge in [-0.1, -0.05) is 25.0 Å². The molecular formula is C20H23FN2O3S. The first kappa shape index (κ1) is 18.5. The number of likely N-dealkylation sites (tertiary alicyclic amines) is 1. The zero-order valence-electron chi connectivity index (χ0n) is 15.1. The fraction of sp³-hybridized carbons (Fsp3) is 0.550. The molecule has 27 heavy (non-hydrogen) atoms. The molecule has 0 bridgehead atoms. The first-order chi connectivity index (χ1) is 13.1. The lowest BCUT2D eigenvalue weighted by molar-refractivity contribution is -0.140. The Hall–Kier alpha value is -1.89. The van der Waals surface area contributed by atoms with Crippen molar-refractivity contribution < 1.29 is 18.8 Å². The molecule has 2 heterocycles. The molecule has 1 saturated heterocycles. The van der Waals surface area contributed by atoms with Gasteiger partial charge >= 0.3 is 0 Å². The number of carbonyl (C=O) groups is 3. The summed E-state index contributed by atoms with van der Waals surface area (Å²) in [5.41, 5.74) is 0.805. The normalized spacial score (nSPS) is 27.3. The molecule has 0 aromatic heterocycles. The Labute approximate surface area is 162 Å². The number of rotatable bonds is 4. The molecule has 5 nitrogen and oxygen atoms in total. The highest BCUT2D eigenvalue weighted by molar-refractivity contribution is 7.99. The Bertz CT molecular complexity index is 760. The molecule has 1 saturated carbocycles. The van der Waals surface area contributed by atoms with Crippen LogP contribution in [0.25, 0.3) is 0 Å². The van der Waals surface area contributed by atoms with E-state index in [0.29, 0.717) is 4.90 Å². The monoisotopic (exact) mass is 390 g/mol. The molecule has 0 spiro atoms. The number of amides is 3. The Balaban J connectivity index is 1.37. The van der Waals surface area contributed by atoms with Gasteiger partial charge in [-0.15, -0.1) is 11.8 Å². The molecule has 1 aliphatic carbocycles. The molecule has 3 atom stereocenters. The second-order valence-electron chi connectivity index (χ2n) is 7.49. The molecule has 4 rings (SSSR count). The summed E-state index contributed by atoms with van der Waals surface area (Å²) in [6, 6.07) is 4.70. The van der Waals surface area contributed by atoms with Crippen LogP contribution in [0.5, 0.6) is 0 Å². The van der Waals surface area contributed by atoms with Gasteiger partial charge in [0.1, 0.15) is 5.82 Å². The third-order valence-electron chi connectivity index (χ3n) is 5.86. The Kier molecular flexibility index (Phi) is 5.21. The van der Waals surface area contributed by atoms with Gasteiger partial charge in [-0.25, -0.2) is 4.39 Å². The molecule has 7 heteroatoms. The van der Waals surface area contributed by atoms with E-state index in [0.717, 1.165) is 43.4 Å².